The van der Waals surface area contributed by atoms with Gasteiger partial charge in [0.15, 0.2) is 0 Å². The molecule has 0 saturated carbocycles. The highest BCUT2D eigenvalue weighted by molar-refractivity contribution is 7.99. The van der Waals surface area contributed by atoms with Crippen molar-refractivity contribution in [3.8, 4) is 0 Å². The molecule has 0 aromatic rings. The van der Waals surface area contributed by atoms with Gasteiger partial charge in [-0.2, -0.15) is 11.8 Å². The lowest BCUT2D eigenvalue weighted by Crippen LogP contribution is -2.42. The summed E-state index contributed by atoms with van der Waals surface area (Å²) < 4.78 is 0. The summed E-state index contributed by atoms with van der Waals surface area (Å²) in [7, 11) is 0. The monoisotopic (exact) mass is 220 g/mol. The number of hydrogen-bond donors (Lipinski definition) is 2. The molecule has 0 aromatic heterocycles. The zero-order valence-electron chi connectivity index (χ0n) is 7.84. The Labute approximate surface area is 87.8 Å². The maximum absolute atomic E-state index is 11.4. The minimum Gasteiger partial charge on any atom is -0.355 e. The van der Waals surface area contributed by atoms with Crippen molar-refractivity contribution < 1.29 is 4.79 Å². The van der Waals surface area contributed by atoms with Crippen LogP contribution in [0.2, 0.25) is 0 Å². The van der Waals surface area contributed by atoms with Crippen molar-refractivity contribution >= 4 is 29.4 Å². The quantitative estimate of drug-likeness (QED) is 0.663. The van der Waals surface area contributed by atoms with Gasteiger partial charge in [-0.1, -0.05) is 0 Å². The predicted octanol–water partition coefficient (Wildman–Crippen LogP) is 0.518. The van der Waals surface area contributed by atoms with E-state index in [1.54, 1.807) is 11.8 Å². The highest BCUT2D eigenvalue weighted by Gasteiger charge is 2.21. The molecule has 1 amide bonds. The Balaban J connectivity index is 2.03. The van der Waals surface area contributed by atoms with Gasteiger partial charge >= 0.3 is 0 Å². The third-order valence-electron chi connectivity index (χ3n) is 1.86. The Hall–Kier alpha value is 0.130. The van der Waals surface area contributed by atoms with Gasteiger partial charge in [-0.15, -0.1) is 11.8 Å². The first-order chi connectivity index (χ1) is 6.34. The third kappa shape index (κ3) is 4.24. The highest BCUT2D eigenvalue weighted by Crippen LogP contribution is 2.09. The summed E-state index contributed by atoms with van der Waals surface area (Å²) in [6, 6.07) is 0.0410. The largest absolute Gasteiger partial charge is 0.355 e. The van der Waals surface area contributed by atoms with Crippen LogP contribution >= 0.6 is 23.5 Å². The van der Waals surface area contributed by atoms with Gasteiger partial charge in [0.1, 0.15) is 0 Å². The predicted molar refractivity (Wildman–Crippen MR) is 60.3 cm³/mol. The van der Waals surface area contributed by atoms with Crippen LogP contribution in [-0.2, 0) is 4.79 Å². The van der Waals surface area contributed by atoms with E-state index in [9.17, 15) is 4.79 Å². The van der Waals surface area contributed by atoms with Crippen LogP contribution in [0.3, 0.4) is 0 Å². The van der Waals surface area contributed by atoms with Crippen molar-refractivity contribution in [3.63, 3.8) is 0 Å². The maximum Gasteiger partial charge on any atom is 0.238 e. The molecular formula is C8H16N2OS2. The number of carbonyl (C=O) groups excluding carboxylic acids is 1. The van der Waals surface area contributed by atoms with E-state index in [-0.39, 0.29) is 11.9 Å². The number of hydrogen-bond acceptors (Lipinski definition) is 4. The lowest BCUT2D eigenvalue weighted by molar-refractivity contribution is -0.122. The maximum atomic E-state index is 11.4. The molecule has 0 aliphatic carbocycles. The average Bonchev–Trinajstić information content (AvgIpc) is 2.65. The van der Waals surface area contributed by atoms with Crippen LogP contribution in [0.1, 0.15) is 6.42 Å². The fourth-order valence-electron chi connectivity index (χ4n) is 1.11. The zero-order chi connectivity index (χ0) is 9.52. The van der Waals surface area contributed by atoms with Gasteiger partial charge in [0.25, 0.3) is 0 Å². The van der Waals surface area contributed by atoms with E-state index < -0.39 is 0 Å². The first-order valence-corrected chi connectivity index (χ1v) is 6.97. The van der Waals surface area contributed by atoms with E-state index in [4.69, 9.17) is 0 Å². The number of carbonyl (C=O) groups is 1. The number of nitrogens with one attached hydrogen (secondary N) is 2. The van der Waals surface area contributed by atoms with Crippen LogP contribution in [0, 0.1) is 0 Å². The van der Waals surface area contributed by atoms with Crippen molar-refractivity contribution in [2.24, 2.45) is 0 Å². The Kier molecular flexibility index (Phi) is 5.66. The molecule has 1 atom stereocenters. The molecule has 2 N–H and O–H groups in total. The van der Waals surface area contributed by atoms with Crippen molar-refractivity contribution in [2.75, 3.05) is 30.2 Å². The smallest absolute Gasteiger partial charge is 0.238 e. The van der Waals surface area contributed by atoms with E-state index >= 15 is 0 Å². The third-order valence-corrected chi connectivity index (χ3v) is 3.49. The van der Waals surface area contributed by atoms with Crippen LogP contribution < -0.4 is 10.6 Å². The van der Waals surface area contributed by atoms with E-state index in [1.807, 2.05) is 11.8 Å². The second-order valence-corrected chi connectivity index (χ2v) is 4.93. The van der Waals surface area contributed by atoms with Crippen LogP contribution in [0.15, 0.2) is 0 Å². The molecule has 0 radical (unpaired) electrons. The molecule has 1 unspecified atom stereocenters. The minimum absolute atomic E-state index is 0.0410. The Bertz CT molecular complexity index is 160. The summed E-state index contributed by atoms with van der Waals surface area (Å²) in [5.74, 6) is 3.09. The molecule has 1 rings (SSSR count). The Morgan fingerprint density at radius 1 is 1.77 bits per heavy atom. The SMILES string of the molecule is CSCCCNC(=O)C1CSCN1. The van der Waals surface area contributed by atoms with E-state index in [0.29, 0.717) is 0 Å². The van der Waals surface area contributed by atoms with Crippen LogP contribution in [-0.4, -0.2) is 42.1 Å². The molecule has 1 heterocycles. The summed E-state index contributed by atoms with van der Waals surface area (Å²) in [6.07, 6.45) is 3.14. The number of rotatable bonds is 5. The van der Waals surface area contributed by atoms with Gasteiger partial charge in [0.2, 0.25) is 5.91 Å². The lowest BCUT2D eigenvalue weighted by Gasteiger charge is -2.09. The van der Waals surface area contributed by atoms with Crippen molar-refractivity contribution in [1.29, 1.82) is 0 Å². The van der Waals surface area contributed by atoms with Crippen LogP contribution in [0.5, 0.6) is 0 Å². The van der Waals surface area contributed by atoms with Gasteiger partial charge in [0.05, 0.1) is 6.04 Å². The molecule has 0 bridgehead atoms. The standard InChI is InChI=1S/C8H16N2OS2/c1-12-4-2-3-9-8(11)7-5-13-6-10-7/h7,10H,2-6H2,1H3,(H,9,11). The van der Waals surface area contributed by atoms with Gasteiger partial charge < -0.3 is 5.32 Å². The fraction of sp³-hybridized carbons (Fsp3) is 0.875. The van der Waals surface area contributed by atoms with Crippen molar-refractivity contribution in [3.05, 3.63) is 0 Å². The molecule has 1 saturated heterocycles. The zero-order valence-corrected chi connectivity index (χ0v) is 9.47. The second-order valence-electron chi connectivity index (χ2n) is 2.91. The number of thioether (sulfide) groups is 2. The summed E-state index contributed by atoms with van der Waals surface area (Å²) in [4.78, 5) is 11.4. The average molecular weight is 220 g/mol. The van der Waals surface area contributed by atoms with E-state index in [1.165, 1.54) is 0 Å². The molecular weight excluding hydrogens is 204 g/mol. The summed E-state index contributed by atoms with van der Waals surface area (Å²) in [5, 5.41) is 6.07. The Morgan fingerprint density at radius 2 is 2.62 bits per heavy atom. The summed E-state index contributed by atoms with van der Waals surface area (Å²) in [5.41, 5.74) is 0. The molecule has 13 heavy (non-hydrogen) atoms. The summed E-state index contributed by atoms with van der Waals surface area (Å²) >= 11 is 3.59. The second kappa shape index (κ2) is 6.56. The molecule has 5 heteroatoms. The van der Waals surface area contributed by atoms with E-state index in [2.05, 4.69) is 16.9 Å². The Morgan fingerprint density at radius 3 is 3.23 bits per heavy atom. The van der Waals surface area contributed by atoms with E-state index in [0.717, 1.165) is 30.3 Å². The number of amides is 1. The van der Waals surface area contributed by atoms with Gasteiger partial charge in [-0.05, 0) is 18.4 Å². The molecule has 1 fully saturated rings. The normalized spacial score (nSPS) is 21.8. The molecule has 3 nitrogen and oxygen atoms in total. The van der Waals surface area contributed by atoms with Gasteiger partial charge in [-0.25, -0.2) is 0 Å². The molecule has 76 valence electrons. The highest BCUT2D eigenvalue weighted by atomic mass is 32.2. The molecule has 0 aromatic carbocycles. The van der Waals surface area contributed by atoms with Gasteiger partial charge in [-0.3, -0.25) is 10.1 Å². The fourth-order valence-corrected chi connectivity index (χ4v) is 2.49. The first kappa shape index (κ1) is 11.2. The minimum atomic E-state index is 0.0410. The van der Waals surface area contributed by atoms with Crippen LogP contribution in [0.4, 0.5) is 0 Å². The summed E-state index contributed by atoms with van der Waals surface area (Å²) in [6.45, 7) is 0.808. The molecule has 1 aliphatic rings. The topological polar surface area (TPSA) is 41.1 Å². The van der Waals surface area contributed by atoms with Crippen molar-refractivity contribution in [2.45, 2.75) is 12.5 Å². The van der Waals surface area contributed by atoms with Gasteiger partial charge in [0, 0.05) is 18.2 Å². The first-order valence-electron chi connectivity index (χ1n) is 4.42. The molecule has 1 aliphatic heterocycles. The van der Waals surface area contributed by atoms with Crippen LogP contribution in [0.25, 0.3) is 0 Å². The molecule has 0 spiro atoms. The lowest BCUT2D eigenvalue weighted by atomic mass is 10.3. The van der Waals surface area contributed by atoms with Crippen molar-refractivity contribution in [1.82, 2.24) is 10.6 Å².